The molecule has 0 aromatic heterocycles. The molecule has 3 nitrogen and oxygen atoms in total. The SMILES string of the molecule is [Se]=C([SeH])NN1CCOSC1. The maximum absolute atomic E-state index is 5.09. The summed E-state index contributed by atoms with van der Waals surface area (Å²) in [5.41, 5.74) is 3.15. The first-order valence-corrected chi connectivity index (χ1v) is 5.48. The van der Waals surface area contributed by atoms with Crippen LogP contribution in [0.4, 0.5) is 0 Å². The van der Waals surface area contributed by atoms with Gasteiger partial charge in [-0.15, -0.1) is 0 Å². The van der Waals surface area contributed by atoms with Gasteiger partial charge in [-0.1, -0.05) is 0 Å². The van der Waals surface area contributed by atoms with Crippen LogP contribution in [0, 0.1) is 0 Å². The topological polar surface area (TPSA) is 24.5 Å². The zero-order valence-electron chi connectivity index (χ0n) is 5.24. The van der Waals surface area contributed by atoms with Crippen LogP contribution in [0.5, 0.6) is 0 Å². The van der Waals surface area contributed by atoms with Gasteiger partial charge >= 0.3 is 80.7 Å². The van der Waals surface area contributed by atoms with Crippen molar-refractivity contribution in [2.45, 2.75) is 0 Å². The first-order chi connectivity index (χ1) is 4.79. The van der Waals surface area contributed by atoms with E-state index in [0.717, 1.165) is 22.5 Å². The predicted octanol–water partition coefficient (Wildman–Crippen LogP) is -1.41. The van der Waals surface area contributed by atoms with Crippen LogP contribution >= 0.6 is 12.0 Å². The second-order valence-electron chi connectivity index (χ2n) is 1.75. The first kappa shape index (κ1) is 9.07. The average molecular weight is 290 g/mol. The minimum absolute atomic E-state index is 0.790. The van der Waals surface area contributed by atoms with E-state index in [2.05, 4.69) is 42.0 Å². The van der Waals surface area contributed by atoms with Crippen LogP contribution in [0.2, 0.25) is 0 Å². The van der Waals surface area contributed by atoms with Gasteiger partial charge in [-0.3, -0.25) is 0 Å². The van der Waals surface area contributed by atoms with Gasteiger partial charge in [-0.2, -0.15) is 0 Å². The summed E-state index contributed by atoms with van der Waals surface area (Å²) in [6.07, 6.45) is 0. The molecule has 1 N–H and O–H groups in total. The van der Waals surface area contributed by atoms with E-state index in [1.54, 1.807) is 0 Å². The fourth-order valence-electron chi connectivity index (χ4n) is 0.595. The summed E-state index contributed by atoms with van der Waals surface area (Å²) >= 11 is 6.77. The van der Waals surface area contributed by atoms with Crippen LogP contribution < -0.4 is 5.43 Å². The Morgan fingerprint density at radius 3 is 3.10 bits per heavy atom. The molecule has 6 heteroatoms. The number of rotatable bonds is 2. The Balaban J connectivity index is 2.19. The van der Waals surface area contributed by atoms with Crippen LogP contribution in [0.15, 0.2) is 0 Å². The third-order valence-corrected chi connectivity index (χ3v) is 2.14. The molecule has 0 aliphatic carbocycles. The first-order valence-electron chi connectivity index (χ1n) is 2.78. The van der Waals surface area contributed by atoms with Crippen LogP contribution in [-0.4, -0.2) is 59.1 Å². The van der Waals surface area contributed by atoms with Crippen LogP contribution in [0.3, 0.4) is 0 Å². The van der Waals surface area contributed by atoms with Crippen molar-refractivity contribution in [3.63, 3.8) is 0 Å². The monoisotopic (exact) mass is 292 g/mol. The van der Waals surface area contributed by atoms with Crippen molar-refractivity contribution in [1.82, 2.24) is 10.4 Å². The second-order valence-corrected chi connectivity index (χ2v) is 5.75. The van der Waals surface area contributed by atoms with Crippen LogP contribution in [0.25, 0.3) is 0 Å². The number of hydrogen-bond acceptors (Lipinski definition) is 4. The standard InChI is InChI=1S/C4H8N2OSSe2/c9-4(10)5-6-1-2-7-8-3-6/h1-3H2,(H2,5,9,10). The van der Waals surface area contributed by atoms with E-state index < -0.39 is 0 Å². The minimum atomic E-state index is 0.790. The third kappa shape index (κ3) is 3.39. The molecule has 1 heterocycles. The fraction of sp³-hybridized carbons (Fsp3) is 0.750. The molecular formula is C4H8N2OSSe2. The molecule has 1 saturated heterocycles. The summed E-state index contributed by atoms with van der Waals surface area (Å²) in [6.45, 7) is 1.73. The summed E-state index contributed by atoms with van der Waals surface area (Å²) < 4.78 is 6.13. The van der Waals surface area contributed by atoms with Crippen LogP contribution in [-0.2, 0) is 4.18 Å². The van der Waals surface area contributed by atoms with E-state index in [4.69, 9.17) is 4.18 Å². The Morgan fingerprint density at radius 1 is 1.80 bits per heavy atom. The Morgan fingerprint density at radius 2 is 2.60 bits per heavy atom. The average Bonchev–Trinajstić information content (AvgIpc) is 1.88. The van der Waals surface area contributed by atoms with Gasteiger partial charge in [0.1, 0.15) is 0 Å². The number of nitrogens with zero attached hydrogens (tertiary/aromatic N) is 1. The molecule has 0 unspecified atom stereocenters. The molecule has 0 aromatic rings. The maximum atomic E-state index is 5.09. The summed E-state index contributed by atoms with van der Waals surface area (Å²) in [5.74, 6) is 0.878. The van der Waals surface area contributed by atoms with Gasteiger partial charge in [0, 0.05) is 0 Å². The van der Waals surface area contributed by atoms with Gasteiger partial charge in [0.2, 0.25) is 0 Å². The third-order valence-electron chi connectivity index (χ3n) is 0.990. The van der Waals surface area contributed by atoms with Gasteiger partial charge in [-0.05, 0) is 0 Å². The molecule has 0 saturated carbocycles. The number of hydrazine groups is 1. The summed E-state index contributed by atoms with van der Waals surface area (Å²) in [5, 5.41) is 2.10. The van der Waals surface area contributed by atoms with Gasteiger partial charge < -0.3 is 0 Å². The van der Waals surface area contributed by atoms with Crippen molar-refractivity contribution in [3.05, 3.63) is 0 Å². The van der Waals surface area contributed by atoms with E-state index in [1.807, 2.05) is 0 Å². The van der Waals surface area contributed by atoms with Crippen molar-refractivity contribution in [2.24, 2.45) is 0 Å². The van der Waals surface area contributed by atoms with Gasteiger partial charge in [0.25, 0.3) is 0 Å². The normalized spacial score (nSPS) is 20.5. The second kappa shape index (κ2) is 4.78. The summed E-state index contributed by atoms with van der Waals surface area (Å²) in [7, 11) is 0. The predicted molar refractivity (Wildman–Crippen MR) is 46.2 cm³/mol. The van der Waals surface area contributed by atoms with E-state index in [1.165, 1.54) is 12.0 Å². The van der Waals surface area contributed by atoms with E-state index >= 15 is 0 Å². The van der Waals surface area contributed by atoms with Gasteiger partial charge in [0.05, 0.1) is 0 Å². The molecule has 0 amide bonds. The van der Waals surface area contributed by atoms with Crippen molar-refractivity contribution >= 4 is 47.1 Å². The van der Waals surface area contributed by atoms with Crippen molar-refractivity contribution in [3.8, 4) is 0 Å². The van der Waals surface area contributed by atoms with Crippen molar-refractivity contribution in [2.75, 3.05) is 19.0 Å². The molecule has 0 radical (unpaired) electrons. The molecule has 0 spiro atoms. The molecular weight excluding hydrogens is 282 g/mol. The van der Waals surface area contributed by atoms with Gasteiger partial charge in [-0.25, -0.2) is 0 Å². The quantitative estimate of drug-likeness (QED) is 0.499. The number of hydrogen-bond donors (Lipinski definition) is 1. The van der Waals surface area contributed by atoms with E-state index in [0.29, 0.717) is 0 Å². The van der Waals surface area contributed by atoms with Crippen molar-refractivity contribution in [1.29, 1.82) is 0 Å². The van der Waals surface area contributed by atoms with Crippen LogP contribution in [0.1, 0.15) is 0 Å². The van der Waals surface area contributed by atoms with E-state index in [9.17, 15) is 0 Å². The molecule has 0 aromatic carbocycles. The Bertz CT molecular complexity index is 128. The van der Waals surface area contributed by atoms with Crippen molar-refractivity contribution < 1.29 is 4.18 Å². The molecule has 1 aliphatic heterocycles. The fourth-order valence-corrected chi connectivity index (χ4v) is 1.75. The molecule has 1 fully saturated rings. The molecule has 0 atom stereocenters. The zero-order valence-corrected chi connectivity index (χ0v) is 9.65. The van der Waals surface area contributed by atoms with Gasteiger partial charge in [0.15, 0.2) is 0 Å². The molecule has 0 bridgehead atoms. The zero-order chi connectivity index (χ0) is 7.40. The van der Waals surface area contributed by atoms with E-state index in [-0.39, 0.29) is 0 Å². The Hall–Kier alpha value is 0.979. The number of nitrogens with one attached hydrogen (secondary N) is 1. The Labute approximate surface area is 80.6 Å². The molecule has 1 aliphatic rings. The molecule has 58 valence electrons. The Kier molecular flexibility index (Phi) is 4.33. The summed E-state index contributed by atoms with van der Waals surface area (Å²) in [4.78, 5) is 0. The summed E-state index contributed by atoms with van der Waals surface area (Å²) in [6, 6.07) is 0. The molecule has 1 rings (SSSR count). The molecule has 10 heavy (non-hydrogen) atoms.